The number of benzene rings is 2. The number of carbonyl (C=O) groups excluding carboxylic acids is 1. The van der Waals surface area contributed by atoms with Crippen LogP contribution in [0.25, 0.3) is 11.3 Å². The van der Waals surface area contributed by atoms with Gasteiger partial charge in [-0.25, -0.2) is 4.98 Å². The van der Waals surface area contributed by atoms with Crippen LogP contribution in [-0.2, 0) is 0 Å². The maximum Gasteiger partial charge on any atom is 0.259 e. The summed E-state index contributed by atoms with van der Waals surface area (Å²) in [6, 6.07) is 18.4. The number of hydrogen-bond donors (Lipinski definition) is 3. The molecule has 2 heterocycles. The van der Waals surface area contributed by atoms with Crippen LogP contribution in [-0.4, -0.2) is 40.1 Å². The number of rotatable bonds is 12. The van der Waals surface area contributed by atoms with Crippen molar-refractivity contribution in [2.75, 3.05) is 18.5 Å². The molecule has 0 spiro atoms. The third-order valence-electron chi connectivity index (χ3n) is 5.65. The van der Waals surface area contributed by atoms with Gasteiger partial charge in [0.1, 0.15) is 11.5 Å². The normalized spacial score (nSPS) is 11.2. The van der Waals surface area contributed by atoms with Gasteiger partial charge in [0.2, 0.25) is 0 Å². The standard InChI is InChI=1S/C28H29N5O4S/c1-19-25(31-28(38-19)32-27(34)22-6-5-15-30-18-22)20-7-11-23(12-8-20)36-16-3-2-4-17-37-24-13-9-21(10-14-24)26(29)33-35/h5-15,18,35H,2-4,16-17H2,1H3,(H2,29,33)(H,31,32,34). The Hall–Kier alpha value is -4.44. The van der Waals surface area contributed by atoms with Crippen molar-refractivity contribution in [2.45, 2.75) is 26.2 Å². The Morgan fingerprint density at radius 3 is 2.24 bits per heavy atom. The minimum absolute atomic E-state index is 0.0706. The van der Waals surface area contributed by atoms with Crippen molar-refractivity contribution in [1.82, 2.24) is 9.97 Å². The molecule has 0 saturated heterocycles. The summed E-state index contributed by atoms with van der Waals surface area (Å²) in [4.78, 5) is 22.0. The number of nitrogens with two attached hydrogens (primary N) is 1. The van der Waals surface area contributed by atoms with Crippen molar-refractivity contribution in [2.24, 2.45) is 10.9 Å². The number of oxime groups is 1. The molecule has 0 aliphatic heterocycles. The average molecular weight is 532 g/mol. The molecule has 0 atom stereocenters. The molecule has 0 fully saturated rings. The molecule has 4 N–H and O–H groups in total. The summed E-state index contributed by atoms with van der Waals surface area (Å²) >= 11 is 1.44. The molecule has 0 unspecified atom stereocenters. The van der Waals surface area contributed by atoms with Gasteiger partial charge in [-0.3, -0.25) is 15.1 Å². The van der Waals surface area contributed by atoms with Crippen LogP contribution in [0.4, 0.5) is 5.13 Å². The summed E-state index contributed by atoms with van der Waals surface area (Å²) in [7, 11) is 0. The monoisotopic (exact) mass is 531 g/mol. The van der Waals surface area contributed by atoms with E-state index in [4.69, 9.17) is 20.4 Å². The van der Waals surface area contributed by atoms with Crippen LogP contribution in [0.15, 0.2) is 78.2 Å². The van der Waals surface area contributed by atoms with E-state index in [0.717, 1.165) is 46.9 Å². The van der Waals surface area contributed by atoms with E-state index in [1.54, 1.807) is 42.6 Å². The molecule has 0 aliphatic carbocycles. The summed E-state index contributed by atoms with van der Waals surface area (Å²) in [5.74, 6) is 1.38. The van der Waals surface area contributed by atoms with Crippen molar-refractivity contribution in [1.29, 1.82) is 0 Å². The SMILES string of the molecule is Cc1sc(NC(=O)c2cccnc2)nc1-c1ccc(OCCCCCOc2ccc(C(N)=NO)cc2)cc1. The first-order chi connectivity index (χ1) is 18.5. The maximum atomic E-state index is 12.4. The largest absolute Gasteiger partial charge is 0.494 e. The van der Waals surface area contributed by atoms with E-state index in [-0.39, 0.29) is 11.7 Å². The molecule has 0 radical (unpaired) electrons. The Morgan fingerprint density at radius 1 is 0.974 bits per heavy atom. The van der Waals surface area contributed by atoms with Crippen molar-refractivity contribution in [3.63, 3.8) is 0 Å². The molecule has 2 aromatic heterocycles. The van der Waals surface area contributed by atoms with Crippen molar-refractivity contribution in [3.8, 4) is 22.8 Å². The molecule has 4 rings (SSSR count). The second-order valence-electron chi connectivity index (χ2n) is 8.41. The van der Waals surface area contributed by atoms with Gasteiger partial charge in [0.15, 0.2) is 11.0 Å². The maximum absolute atomic E-state index is 12.4. The van der Waals surface area contributed by atoms with Crippen LogP contribution in [0.1, 0.15) is 40.1 Å². The number of hydrogen-bond acceptors (Lipinski definition) is 8. The number of carbonyl (C=O) groups is 1. The first-order valence-electron chi connectivity index (χ1n) is 12.2. The number of amides is 1. The minimum atomic E-state index is -0.234. The molecular formula is C28H29N5O4S. The van der Waals surface area contributed by atoms with E-state index >= 15 is 0 Å². The van der Waals surface area contributed by atoms with Crippen molar-refractivity contribution in [3.05, 3.63) is 89.1 Å². The van der Waals surface area contributed by atoms with Crippen molar-refractivity contribution >= 4 is 28.2 Å². The third kappa shape index (κ3) is 7.30. The lowest BCUT2D eigenvalue weighted by Gasteiger charge is -2.08. The molecule has 4 aromatic rings. The number of thiazole rings is 1. The van der Waals surface area contributed by atoms with Gasteiger partial charge in [0, 0.05) is 28.4 Å². The Balaban J connectivity index is 1.17. The Bertz CT molecular complexity index is 1360. The summed E-state index contributed by atoms with van der Waals surface area (Å²) in [5, 5.41) is 15.1. The van der Waals surface area contributed by atoms with Gasteiger partial charge in [0.25, 0.3) is 5.91 Å². The summed E-state index contributed by atoms with van der Waals surface area (Å²) in [6.07, 6.45) is 5.96. The molecule has 0 aliphatic rings. The van der Waals surface area contributed by atoms with Crippen molar-refractivity contribution < 1.29 is 19.5 Å². The van der Waals surface area contributed by atoms with Gasteiger partial charge in [-0.05, 0) is 86.8 Å². The van der Waals surface area contributed by atoms with Gasteiger partial charge in [-0.15, -0.1) is 11.3 Å². The van der Waals surface area contributed by atoms with Gasteiger partial charge in [-0.1, -0.05) is 5.16 Å². The summed E-state index contributed by atoms with van der Waals surface area (Å²) in [5.41, 5.74) is 8.48. The molecule has 196 valence electrons. The Morgan fingerprint density at radius 2 is 1.63 bits per heavy atom. The topological polar surface area (TPSA) is 132 Å². The highest BCUT2D eigenvalue weighted by atomic mass is 32.1. The van der Waals surface area contributed by atoms with Crippen LogP contribution in [0.2, 0.25) is 0 Å². The van der Waals surface area contributed by atoms with Gasteiger partial charge >= 0.3 is 0 Å². The second kappa shape index (κ2) is 13.2. The molecular weight excluding hydrogens is 502 g/mol. The predicted octanol–water partition coefficient (Wildman–Crippen LogP) is 5.49. The van der Waals surface area contributed by atoms with Crippen LogP contribution >= 0.6 is 11.3 Å². The second-order valence-corrected chi connectivity index (χ2v) is 9.61. The van der Waals surface area contributed by atoms with E-state index in [0.29, 0.717) is 29.5 Å². The number of pyridine rings is 1. The van der Waals surface area contributed by atoms with E-state index < -0.39 is 0 Å². The van der Waals surface area contributed by atoms with Gasteiger partial charge in [-0.2, -0.15) is 0 Å². The van der Waals surface area contributed by atoms with E-state index in [2.05, 4.69) is 20.4 Å². The van der Waals surface area contributed by atoms with Crippen LogP contribution in [0.5, 0.6) is 11.5 Å². The fourth-order valence-corrected chi connectivity index (χ4v) is 4.46. The predicted molar refractivity (Wildman–Crippen MR) is 148 cm³/mol. The Labute approximate surface area is 225 Å². The van der Waals surface area contributed by atoms with E-state index in [1.807, 2.05) is 31.2 Å². The first-order valence-corrected chi connectivity index (χ1v) is 13.0. The molecule has 0 saturated carbocycles. The molecule has 10 heteroatoms. The highest BCUT2D eigenvalue weighted by Crippen LogP contribution is 2.31. The zero-order chi connectivity index (χ0) is 26.7. The van der Waals surface area contributed by atoms with Gasteiger partial charge in [0.05, 0.1) is 24.5 Å². The number of nitrogens with one attached hydrogen (secondary N) is 1. The van der Waals surface area contributed by atoms with E-state index in [9.17, 15) is 4.79 Å². The number of aryl methyl sites for hydroxylation is 1. The minimum Gasteiger partial charge on any atom is -0.494 e. The lowest BCUT2D eigenvalue weighted by Crippen LogP contribution is -2.12. The number of amidine groups is 1. The molecule has 38 heavy (non-hydrogen) atoms. The lowest BCUT2D eigenvalue weighted by molar-refractivity contribution is 0.102. The smallest absolute Gasteiger partial charge is 0.259 e. The number of anilines is 1. The van der Waals surface area contributed by atoms with Crippen LogP contribution in [0.3, 0.4) is 0 Å². The average Bonchev–Trinajstić information content (AvgIpc) is 3.32. The first kappa shape index (κ1) is 26.6. The zero-order valence-electron chi connectivity index (χ0n) is 21.0. The number of ether oxygens (including phenoxy) is 2. The van der Waals surface area contributed by atoms with Gasteiger partial charge < -0.3 is 20.4 Å². The third-order valence-corrected chi connectivity index (χ3v) is 6.54. The number of unbranched alkanes of at least 4 members (excludes halogenated alkanes) is 2. The molecule has 9 nitrogen and oxygen atoms in total. The fourth-order valence-electron chi connectivity index (χ4n) is 3.63. The number of aromatic nitrogens is 2. The zero-order valence-corrected chi connectivity index (χ0v) is 21.8. The fraction of sp³-hybridized carbons (Fsp3) is 0.214. The molecule has 1 amide bonds. The van der Waals surface area contributed by atoms with E-state index in [1.165, 1.54) is 17.5 Å². The number of nitrogens with zero attached hydrogens (tertiary/aromatic N) is 3. The van der Waals surface area contributed by atoms with Crippen LogP contribution < -0.4 is 20.5 Å². The summed E-state index contributed by atoms with van der Waals surface area (Å²) in [6.45, 7) is 3.21. The quantitative estimate of drug-likeness (QED) is 0.0724. The Kier molecular flexibility index (Phi) is 9.25. The molecule has 0 bridgehead atoms. The molecule has 2 aromatic carbocycles. The highest BCUT2D eigenvalue weighted by Gasteiger charge is 2.13. The van der Waals surface area contributed by atoms with Crippen LogP contribution in [0, 0.1) is 6.92 Å². The highest BCUT2D eigenvalue weighted by molar-refractivity contribution is 7.16. The summed E-state index contributed by atoms with van der Waals surface area (Å²) < 4.78 is 11.6. The lowest BCUT2D eigenvalue weighted by atomic mass is 10.1.